The summed E-state index contributed by atoms with van der Waals surface area (Å²) in [6, 6.07) is 7.94. The van der Waals surface area contributed by atoms with Gasteiger partial charge >= 0.3 is 11.8 Å². The van der Waals surface area contributed by atoms with Crippen molar-refractivity contribution in [1.29, 1.82) is 0 Å². The maximum absolute atomic E-state index is 13.5. The minimum atomic E-state index is -4.95. The minimum absolute atomic E-state index is 0.0815. The molecule has 0 fully saturated rings. The lowest BCUT2D eigenvalue weighted by molar-refractivity contribution is -0.190. The number of alkyl halides is 4. The van der Waals surface area contributed by atoms with E-state index in [9.17, 15) is 27.5 Å². The molecule has 2 aliphatic rings. The number of aliphatic hydroxyl groups is 1. The molecule has 0 saturated heterocycles. The fourth-order valence-corrected chi connectivity index (χ4v) is 3.46. The van der Waals surface area contributed by atoms with E-state index >= 15 is 0 Å². The molecule has 0 unspecified atom stereocenters. The number of ketones is 1. The third kappa shape index (κ3) is 3.82. The van der Waals surface area contributed by atoms with E-state index in [1.54, 1.807) is 12.2 Å². The summed E-state index contributed by atoms with van der Waals surface area (Å²) in [6.45, 7) is 2.08. The smallest absolute Gasteiger partial charge is 0.380 e. The normalized spacial score (nSPS) is 20.4. The zero-order valence-electron chi connectivity index (χ0n) is 16.1. The van der Waals surface area contributed by atoms with E-state index in [0.717, 1.165) is 28.9 Å². The first-order chi connectivity index (χ1) is 13.7. The maximum atomic E-state index is 13.5. The van der Waals surface area contributed by atoms with Crippen molar-refractivity contribution in [2.45, 2.75) is 50.9 Å². The van der Waals surface area contributed by atoms with Crippen molar-refractivity contribution in [3.63, 3.8) is 0 Å². The number of rotatable bonds is 7. The molecule has 3 rings (SSSR count). The van der Waals surface area contributed by atoms with Gasteiger partial charge in [0.1, 0.15) is 5.70 Å². The summed E-state index contributed by atoms with van der Waals surface area (Å²) >= 11 is 0. The van der Waals surface area contributed by atoms with Gasteiger partial charge in [0.25, 0.3) is 5.78 Å². The van der Waals surface area contributed by atoms with Gasteiger partial charge in [-0.25, -0.2) is 0 Å². The predicted molar refractivity (Wildman–Crippen MR) is 103 cm³/mol. The van der Waals surface area contributed by atoms with Crippen LogP contribution in [0.5, 0.6) is 0 Å². The Morgan fingerprint density at radius 2 is 1.72 bits per heavy atom. The van der Waals surface area contributed by atoms with E-state index in [0.29, 0.717) is 0 Å². The molecule has 0 saturated carbocycles. The number of carbonyl (C=O) groups excluding carboxylic acids is 1. The highest BCUT2D eigenvalue weighted by molar-refractivity contribution is 6.05. The number of aliphatic hydroxyl groups excluding tert-OH is 1. The van der Waals surface area contributed by atoms with Gasteiger partial charge < -0.3 is 10.0 Å². The number of hydrogen-bond donors (Lipinski definition) is 1. The zero-order valence-corrected chi connectivity index (χ0v) is 16.1. The van der Waals surface area contributed by atoms with Crippen molar-refractivity contribution in [1.82, 2.24) is 4.90 Å². The average Bonchev–Trinajstić information content (AvgIpc) is 2.83. The number of unbranched alkanes of at least 4 members (excludes halogenated alkanes) is 3. The Balaban J connectivity index is 1.68. The molecular formula is C22H23F4NO2. The fourth-order valence-electron chi connectivity index (χ4n) is 3.46. The largest absolute Gasteiger partial charge is 0.505 e. The van der Waals surface area contributed by atoms with Gasteiger partial charge in [0.15, 0.2) is 5.76 Å². The summed E-state index contributed by atoms with van der Waals surface area (Å²) in [5, 5.41) is 9.53. The Bertz CT molecular complexity index is 869. The molecule has 0 aromatic heterocycles. The van der Waals surface area contributed by atoms with Gasteiger partial charge in [0, 0.05) is 12.7 Å². The highest BCUT2D eigenvalue weighted by Gasteiger charge is 2.72. The lowest BCUT2D eigenvalue weighted by atomic mass is 9.99. The van der Waals surface area contributed by atoms with Gasteiger partial charge in [-0.2, -0.15) is 17.6 Å². The van der Waals surface area contributed by atoms with Gasteiger partial charge in [0.2, 0.25) is 0 Å². The first-order valence-corrected chi connectivity index (χ1v) is 9.68. The van der Waals surface area contributed by atoms with E-state index in [1.165, 1.54) is 31.0 Å². The predicted octanol–water partition coefficient (Wildman–Crippen LogP) is 5.65. The van der Waals surface area contributed by atoms with Crippen molar-refractivity contribution in [2.24, 2.45) is 0 Å². The summed E-state index contributed by atoms with van der Waals surface area (Å²) < 4.78 is 54.1. The van der Waals surface area contributed by atoms with Crippen LogP contribution in [-0.4, -0.2) is 34.2 Å². The van der Waals surface area contributed by atoms with Crippen molar-refractivity contribution >= 4 is 11.4 Å². The van der Waals surface area contributed by atoms with Crippen LogP contribution in [0, 0.1) is 0 Å². The van der Waals surface area contributed by atoms with E-state index in [1.807, 2.05) is 24.3 Å². The number of carbonyl (C=O) groups is 1. The highest BCUT2D eigenvalue weighted by atomic mass is 19.3. The second kappa shape index (κ2) is 8.05. The average molecular weight is 409 g/mol. The molecule has 1 aromatic rings. The van der Waals surface area contributed by atoms with Crippen LogP contribution in [0.4, 0.5) is 17.6 Å². The van der Waals surface area contributed by atoms with Gasteiger partial charge in [-0.1, -0.05) is 56.5 Å². The molecule has 29 heavy (non-hydrogen) atoms. The molecule has 7 heteroatoms. The Hall–Kier alpha value is -2.57. The van der Waals surface area contributed by atoms with Crippen LogP contribution < -0.4 is 0 Å². The molecule has 0 radical (unpaired) electrons. The Labute approximate surface area is 167 Å². The maximum Gasteiger partial charge on any atom is 0.380 e. The summed E-state index contributed by atoms with van der Waals surface area (Å²) in [5.74, 6) is -13.8. The quantitative estimate of drug-likeness (QED) is 0.468. The Morgan fingerprint density at radius 3 is 2.24 bits per heavy atom. The molecule has 0 spiro atoms. The first kappa shape index (κ1) is 21.1. The molecule has 1 aliphatic heterocycles. The van der Waals surface area contributed by atoms with Crippen LogP contribution >= 0.6 is 0 Å². The van der Waals surface area contributed by atoms with Crippen LogP contribution in [0.15, 0.2) is 54.1 Å². The van der Waals surface area contributed by atoms with Gasteiger partial charge in [0.05, 0.1) is 0 Å². The van der Waals surface area contributed by atoms with Crippen molar-refractivity contribution in [2.75, 3.05) is 6.54 Å². The summed E-state index contributed by atoms with van der Waals surface area (Å²) in [4.78, 5) is 12.6. The molecule has 1 aliphatic carbocycles. The van der Waals surface area contributed by atoms with Crippen molar-refractivity contribution < 1.29 is 27.5 Å². The monoisotopic (exact) mass is 409 g/mol. The number of hydrogen-bond acceptors (Lipinski definition) is 3. The molecule has 1 heterocycles. The SMILES string of the molecule is CCCCCCc1ccc(C2=CCN(C3=C(O)C(F)(F)C(F)(F)C3=O)C=C2)cc1. The van der Waals surface area contributed by atoms with Gasteiger partial charge in [-0.05, 0) is 35.6 Å². The number of benzene rings is 1. The number of halogens is 4. The van der Waals surface area contributed by atoms with E-state index in [2.05, 4.69) is 6.92 Å². The van der Waals surface area contributed by atoms with Crippen LogP contribution in [0.3, 0.4) is 0 Å². The number of nitrogens with zero attached hydrogens (tertiary/aromatic N) is 1. The third-order valence-corrected chi connectivity index (χ3v) is 5.25. The molecule has 3 nitrogen and oxygen atoms in total. The molecule has 0 bridgehead atoms. The van der Waals surface area contributed by atoms with Crippen LogP contribution in [0.1, 0.15) is 43.7 Å². The lowest BCUT2D eigenvalue weighted by Crippen LogP contribution is -2.43. The molecular weight excluding hydrogens is 386 g/mol. The van der Waals surface area contributed by atoms with E-state index in [4.69, 9.17) is 0 Å². The number of Topliss-reactive ketones (excluding diaryl/α,β-unsaturated/α-hetero) is 1. The van der Waals surface area contributed by atoms with Gasteiger partial charge in [-0.3, -0.25) is 4.79 Å². The van der Waals surface area contributed by atoms with Gasteiger partial charge in [-0.15, -0.1) is 0 Å². The molecule has 1 N–H and O–H groups in total. The molecule has 156 valence electrons. The highest BCUT2D eigenvalue weighted by Crippen LogP contribution is 2.48. The molecule has 0 atom stereocenters. The molecule has 1 aromatic carbocycles. The number of aryl methyl sites for hydroxylation is 1. The summed E-state index contributed by atoms with van der Waals surface area (Å²) in [6.07, 6.45) is 10.2. The second-order valence-electron chi connectivity index (χ2n) is 7.31. The Kier molecular flexibility index (Phi) is 5.87. The zero-order chi connectivity index (χ0) is 21.2. The second-order valence-corrected chi connectivity index (χ2v) is 7.31. The van der Waals surface area contributed by atoms with Crippen LogP contribution in [0.2, 0.25) is 0 Å². The van der Waals surface area contributed by atoms with E-state index < -0.39 is 29.1 Å². The van der Waals surface area contributed by atoms with E-state index in [-0.39, 0.29) is 6.54 Å². The fraction of sp³-hybridized carbons (Fsp3) is 0.409. The topological polar surface area (TPSA) is 40.5 Å². The third-order valence-electron chi connectivity index (χ3n) is 5.25. The standard InChI is InChI=1S/C22H23F4NO2/c1-2-3-4-5-6-15-7-9-16(10-8-15)17-11-13-27(14-12-17)18-19(28)21(23,24)22(25,26)20(18)29/h7-13,28H,2-6,14H2,1H3. The van der Waals surface area contributed by atoms with Crippen LogP contribution in [-0.2, 0) is 11.2 Å². The minimum Gasteiger partial charge on any atom is -0.505 e. The summed E-state index contributed by atoms with van der Waals surface area (Å²) in [5.41, 5.74) is 1.84. The number of allylic oxidation sites excluding steroid dienone is 4. The van der Waals surface area contributed by atoms with Crippen LogP contribution in [0.25, 0.3) is 5.57 Å². The Morgan fingerprint density at radius 1 is 1.03 bits per heavy atom. The first-order valence-electron chi connectivity index (χ1n) is 9.68. The summed E-state index contributed by atoms with van der Waals surface area (Å²) in [7, 11) is 0. The molecule has 0 amide bonds. The lowest BCUT2D eigenvalue weighted by Gasteiger charge is -2.23. The van der Waals surface area contributed by atoms with Crippen molar-refractivity contribution in [3.05, 3.63) is 65.2 Å². The van der Waals surface area contributed by atoms with Crippen molar-refractivity contribution in [3.8, 4) is 0 Å².